The maximum Gasteiger partial charge on any atom is 0.203 e. The zero-order valence-corrected chi connectivity index (χ0v) is 20.3. The molecule has 30 heavy (non-hydrogen) atoms. The van der Waals surface area contributed by atoms with Crippen LogP contribution < -0.4 is 29.0 Å². The summed E-state index contributed by atoms with van der Waals surface area (Å²) in [6.07, 6.45) is 3.74. The Kier molecular flexibility index (Phi) is 8.80. The van der Waals surface area contributed by atoms with Crippen molar-refractivity contribution in [3.05, 3.63) is 45.9 Å². The van der Waals surface area contributed by atoms with Gasteiger partial charge >= 0.3 is 0 Å². The van der Waals surface area contributed by atoms with E-state index in [1.54, 1.807) is 35.5 Å². The fourth-order valence-electron chi connectivity index (χ4n) is 2.89. The van der Waals surface area contributed by atoms with Gasteiger partial charge in [-0.1, -0.05) is 18.3 Å². The lowest BCUT2D eigenvalue weighted by atomic mass is 10.1. The van der Waals surface area contributed by atoms with Crippen molar-refractivity contribution in [1.82, 2.24) is 5.32 Å². The fourth-order valence-corrected chi connectivity index (χ4v) is 3.76. The molecule has 0 aliphatic heterocycles. The Bertz CT molecular complexity index is 907. The minimum Gasteiger partial charge on any atom is -0.493 e. The molecular formula is C22H26BrNO5S. The molecule has 162 valence electrons. The van der Waals surface area contributed by atoms with Crippen molar-refractivity contribution in [1.29, 1.82) is 0 Å². The highest BCUT2D eigenvalue weighted by Gasteiger charge is 2.17. The van der Waals surface area contributed by atoms with E-state index in [-0.39, 0.29) is 6.04 Å². The molecule has 6 nitrogen and oxygen atoms in total. The highest BCUT2D eigenvalue weighted by molar-refractivity contribution is 9.10. The molecule has 0 radical (unpaired) electrons. The lowest BCUT2D eigenvalue weighted by Gasteiger charge is -2.19. The Morgan fingerprint density at radius 2 is 1.47 bits per heavy atom. The maximum absolute atomic E-state index is 5.50. The topological polar surface area (TPSA) is 58.2 Å². The van der Waals surface area contributed by atoms with E-state index in [1.165, 1.54) is 0 Å². The zero-order chi connectivity index (χ0) is 22.3. The molecule has 0 spiro atoms. The Hall–Kier alpha value is -2.45. The van der Waals surface area contributed by atoms with Gasteiger partial charge in [0.15, 0.2) is 23.0 Å². The van der Waals surface area contributed by atoms with Gasteiger partial charge in [0.1, 0.15) is 0 Å². The molecule has 1 unspecified atom stereocenters. The molecule has 0 saturated carbocycles. The second kappa shape index (κ2) is 11.1. The van der Waals surface area contributed by atoms with Crippen molar-refractivity contribution < 1.29 is 23.7 Å². The lowest BCUT2D eigenvalue weighted by molar-refractivity contribution is 0.323. The van der Waals surface area contributed by atoms with Gasteiger partial charge in [-0.25, -0.2) is 0 Å². The average Bonchev–Trinajstić information content (AvgIpc) is 2.76. The molecule has 0 fully saturated rings. The van der Waals surface area contributed by atoms with Crippen molar-refractivity contribution in [2.45, 2.75) is 13.0 Å². The third-order valence-electron chi connectivity index (χ3n) is 4.47. The van der Waals surface area contributed by atoms with E-state index in [9.17, 15) is 0 Å². The zero-order valence-electron chi connectivity index (χ0n) is 17.9. The highest BCUT2D eigenvalue weighted by atomic mass is 79.9. The van der Waals surface area contributed by atoms with Crippen molar-refractivity contribution in [2.24, 2.45) is 0 Å². The van der Waals surface area contributed by atoms with Crippen LogP contribution in [0.2, 0.25) is 0 Å². The molecular weight excluding hydrogens is 470 g/mol. The summed E-state index contributed by atoms with van der Waals surface area (Å²) in [4.78, 5) is 0.581. The smallest absolute Gasteiger partial charge is 0.203 e. The Morgan fingerprint density at radius 1 is 0.900 bits per heavy atom. The predicted molar refractivity (Wildman–Crippen MR) is 127 cm³/mol. The first kappa shape index (κ1) is 23.8. The summed E-state index contributed by atoms with van der Waals surface area (Å²) in [7, 11) is 7.96. The number of rotatable bonds is 9. The van der Waals surface area contributed by atoms with Crippen molar-refractivity contribution in [3.8, 4) is 28.7 Å². The summed E-state index contributed by atoms with van der Waals surface area (Å²) in [5.74, 6) is 3.02. The molecule has 0 amide bonds. The first-order valence-corrected chi connectivity index (χ1v) is 10.3. The van der Waals surface area contributed by atoms with Gasteiger partial charge in [-0.15, -0.1) is 0 Å². The normalized spacial score (nSPS) is 11.7. The Labute approximate surface area is 191 Å². The van der Waals surface area contributed by atoms with Gasteiger partial charge in [0.2, 0.25) is 5.75 Å². The number of benzene rings is 2. The maximum atomic E-state index is 5.50. The summed E-state index contributed by atoms with van der Waals surface area (Å²) in [6.45, 7) is 2.01. The molecule has 0 heterocycles. The molecule has 0 aliphatic carbocycles. The van der Waals surface area contributed by atoms with Gasteiger partial charge in [0.25, 0.3) is 0 Å². The van der Waals surface area contributed by atoms with Crippen molar-refractivity contribution >= 4 is 39.2 Å². The van der Waals surface area contributed by atoms with Crippen LogP contribution in [0.4, 0.5) is 0 Å². The molecule has 0 aliphatic rings. The lowest BCUT2D eigenvalue weighted by Crippen LogP contribution is -2.23. The summed E-state index contributed by atoms with van der Waals surface area (Å²) >= 11 is 9.05. The summed E-state index contributed by atoms with van der Waals surface area (Å²) in [5.41, 5.74) is 1.87. The molecule has 8 heteroatoms. The third-order valence-corrected chi connectivity index (χ3v) is 5.55. The van der Waals surface area contributed by atoms with Crippen molar-refractivity contribution in [3.63, 3.8) is 0 Å². The number of hydrogen-bond donors (Lipinski definition) is 1. The van der Waals surface area contributed by atoms with Gasteiger partial charge in [-0.3, -0.25) is 0 Å². The van der Waals surface area contributed by atoms with E-state index in [4.69, 9.17) is 35.9 Å². The fraction of sp³-hybridized carbons (Fsp3) is 0.318. The first-order chi connectivity index (χ1) is 14.4. The number of methoxy groups -OCH3 is 5. The summed E-state index contributed by atoms with van der Waals surface area (Å²) < 4.78 is 27.7. The average molecular weight is 496 g/mol. The van der Waals surface area contributed by atoms with Crippen LogP contribution in [0, 0.1) is 0 Å². The van der Waals surface area contributed by atoms with Gasteiger partial charge < -0.3 is 29.0 Å². The molecule has 2 aromatic rings. The quantitative estimate of drug-likeness (QED) is 0.379. The van der Waals surface area contributed by atoms with E-state index >= 15 is 0 Å². The highest BCUT2D eigenvalue weighted by Crippen LogP contribution is 2.40. The van der Waals surface area contributed by atoms with Crippen LogP contribution in [-0.4, -0.2) is 40.5 Å². The van der Waals surface area contributed by atoms with Crippen LogP contribution in [-0.2, 0) is 0 Å². The Morgan fingerprint density at radius 3 is 1.97 bits per heavy atom. The van der Waals surface area contributed by atoms with Crippen LogP contribution >= 0.6 is 28.1 Å². The number of ether oxygens (including phenoxy) is 5. The van der Waals surface area contributed by atoms with Crippen LogP contribution in [0.25, 0.3) is 6.08 Å². The molecule has 0 bridgehead atoms. The molecule has 1 atom stereocenters. The monoisotopic (exact) mass is 495 g/mol. The van der Waals surface area contributed by atoms with E-state index in [0.717, 1.165) is 15.6 Å². The van der Waals surface area contributed by atoms with Gasteiger partial charge in [-0.2, -0.15) is 0 Å². The van der Waals surface area contributed by atoms with E-state index in [1.807, 2.05) is 43.3 Å². The van der Waals surface area contributed by atoms with Gasteiger partial charge in [0, 0.05) is 6.04 Å². The first-order valence-electron chi connectivity index (χ1n) is 9.09. The standard InChI is InChI=1S/C22H26BrNO5S/c1-13(15-11-17(26-3)21(28-5)18(12-15)27-4)24-19(30)10-8-14-7-9-16(25-2)22(29-6)20(14)23/h7-13H,1-6H3,(H,24,30)/b10-8+. The third kappa shape index (κ3) is 5.37. The number of halogens is 1. The second-order valence-corrected chi connectivity index (χ2v) is 7.46. The van der Waals surface area contributed by atoms with Gasteiger partial charge in [0.05, 0.1) is 45.0 Å². The SMILES string of the molecule is COc1cc(C(C)NC(=S)/C=C/c2ccc(OC)c(OC)c2Br)cc(OC)c1OC. The molecule has 0 aromatic heterocycles. The van der Waals surface area contributed by atoms with Crippen LogP contribution in [0.15, 0.2) is 34.8 Å². The molecule has 0 saturated heterocycles. The van der Waals surface area contributed by atoms with E-state index in [0.29, 0.717) is 33.7 Å². The van der Waals surface area contributed by atoms with Crippen LogP contribution in [0.3, 0.4) is 0 Å². The minimum atomic E-state index is -0.0790. The Balaban J connectivity index is 2.19. The summed E-state index contributed by atoms with van der Waals surface area (Å²) in [5, 5.41) is 3.30. The van der Waals surface area contributed by atoms with Gasteiger partial charge in [-0.05, 0) is 64.3 Å². The minimum absolute atomic E-state index is 0.0790. The number of thiocarbonyl (C=S) groups is 1. The van der Waals surface area contributed by atoms with Crippen LogP contribution in [0.1, 0.15) is 24.1 Å². The molecule has 2 rings (SSSR count). The number of hydrogen-bond acceptors (Lipinski definition) is 6. The summed E-state index contributed by atoms with van der Waals surface area (Å²) in [6, 6.07) is 7.49. The molecule has 2 aromatic carbocycles. The molecule has 1 N–H and O–H groups in total. The second-order valence-electron chi connectivity index (χ2n) is 6.23. The largest absolute Gasteiger partial charge is 0.493 e. The van der Waals surface area contributed by atoms with E-state index < -0.39 is 0 Å². The van der Waals surface area contributed by atoms with Crippen molar-refractivity contribution in [2.75, 3.05) is 35.5 Å². The van der Waals surface area contributed by atoms with Crippen LogP contribution in [0.5, 0.6) is 28.7 Å². The van der Waals surface area contributed by atoms with E-state index in [2.05, 4.69) is 21.2 Å². The predicted octanol–water partition coefficient (Wildman–Crippen LogP) is 5.18. The number of nitrogens with one attached hydrogen (secondary N) is 1.